The summed E-state index contributed by atoms with van der Waals surface area (Å²) in [5.41, 5.74) is 0.481. The zero-order valence-electron chi connectivity index (χ0n) is 31.7. The summed E-state index contributed by atoms with van der Waals surface area (Å²) in [6.45, 7) is 19.5. The molecule has 1 aliphatic carbocycles. The van der Waals surface area contributed by atoms with Crippen LogP contribution in [0.4, 0.5) is 9.59 Å². The van der Waals surface area contributed by atoms with Crippen molar-refractivity contribution < 1.29 is 19.1 Å². The fourth-order valence-electron chi connectivity index (χ4n) is 6.09. The molecule has 0 N–H and O–H groups in total. The summed E-state index contributed by atoms with van der Waals surface area (Å²) < 4.78 is 11.2. The molecular formula is C38H69N5O4. The maximum absolute atomic E-state index is 12.7. The van der Waals surface area contributed by atoms with E-state index in [9.17, 15) is 9.59 Å². The van der Waals surface area contributed by atoms with E-state index < -0.39 is 11.2 Å². The summed E-state index contributed by atoms with van der Waals surface area (Å²) in [5, 5.41) is 0. The van der Waals surface area contributed by atoms with Gasteiger partial charge in [0.25, 0.3) is 0 Å². The number of carbonyl (C=O) groups excluding carboxylic acids is 2. The Balaban J connectivity index is 0.000000343. The number of piperidine rings is 1. The quantitative estimate of drug-likeness (QED) is 0.238. The summed E-state index contributed by atoms with van der Waals surface area (Å²) >= 11 is 0. The summed E-state index contributed by atoms with van der Waals surface area (Å²) in [7, 11) is 8.15. The molecule has 1 heterocycles. The molecule has 1 atom stereocenters. The predicted octanol–water partition coefficient (Wildman–Crippen LogP) is 7.06. The molecule has 0 bridgehead atoms. The van der Waals surface area contributed by atoms with E-state index in [0.29, 0.717) is 18.4 Å². The Morgan fingerprint density at radius 1 is 0.681 bits per heavy atom. The molecule has 1 unspecified atom stereocenters. The Bertz CT molecular complexity index is 1020. The van der Waals surface area contributed by atoms with Gasteiger partial charge in [0.05, 0.1) is 0 Å². The first-order valence-corrected chi connectivity index (χ1v) is 18.0. The molecule has 1 aromatic carbocycles. The fraction of sp³-hybridized carbons (Fsp3) is 0.789. The average Bonchev–Trinajstić information content (AvgIpc) is 2.97. The number of hydrogen-bond donors (Lipinski definition) is 0. The van der Waals surface area contributed by atoms with Crippen molar-refractivity contribution in [3.63, 3.8) is 0 Å². The van der Waals surface area contributed by atoms with Crippen LogP contribution in [0.15, 0.2) is 30.3 Å². The zero-order valence-corrected chi connectivity index (χ0v) is 31.7. The Hall–Kier alpha value is -2.36. The highest BCUT2D eigenvalue weighted by molar-refractivity contribution is 5.68. The summed E-state index contributed by atoms with van der Waals surface area (Å²) in [6, 6.07) is 10.6. The molecule has 2 fully saturated rings. The van der Waals surface area contributed by atoms with Crippen LogP contribution in [0.25, 0.3) is 0 Å². The van der Waals surface area contributed by atoms with Crippen molar-refractivity contribution in [3.8, 4) is 0 Å². The third kappa shape index (κ3) is 18.7. The van der Waals surface area contributed by atoms with Crippen LogP contribution < -0.4 is 0 Å². The standard InChI is InChI=1S/C22H37N3O2.C16H32N2O2/c1-22(2,3)27-21(26)25(15-14-23(4)5)18-20-12-9-13-24(17-20)16-19-10-7-6-8-11-19;1-16(2,3)20-15(19)18(12-11-17(4)5)13-14-9-7-6-8-10-14/h6-8,10-11,20H,9,12-18H2,1-5H3;14H,6-13H2,1-5H3. The molecule has 0 spiro atoms. The van der Waals surface area contributed by atoms with Crippen LogP contribution in [-0.4, -0.2) is 128 Å². The normalized spacial score (nSPS) is 18.0. The van der Waals surface area contributed by atoms with Crippen molar-refractivity contribution >= 4 is 12.2 Å². The van der Waals surface area contributed by atoms with E-state index in [-0.39, 0.29) is 12.2 Å². The van der Waals surface area contributed by atoms with E-state index >= 15 is 0 Å². The van der Waals surface area contributed by atoms with Crippen LogP contribution in [0.1, 0.15) is 92.1 Å². The van der Waals surface area contributed by atoms with Gasteiger partial charge in [0.15, 0.2) is 0 Å². The van der Waals surface area contributed by atoms with E-state index in [0.717, 1.165) is 52.4 Å². The van der Waals surface area contributed by atoms with Gasteiger partial charge in [-0.05, 0) is 119 Å². The first-order valence-electron chi connectivity index (χ1n) is 18.0. The molecule has 1 saturated heterocycles. The van der Waals surface area contributed by atoms with Crippen molar-refractivity contribution in [2.75, 3.05) is 80.5 Å². The molecule has 1 saturated carbocycles. The van der Waals surface area contributed by atoms with E-state index in [1.165, 1.54) is 50.5 Å². The van der Waals surface area contributed by atoms with Crippen molar-refractivity contribution in [1.29, 1.82) is 0 Å². The van der Waals surface area contributed by atoms with Gasteiger partial charge in [-0.2, -0.15) is 0 Å². The second kappa shape index (κ2) is 20.2. The van der Waals surface area contributed by atoms with E-state index in [4.69, 9.17) is 9.47 Å². The summed E-state index contributed by atoms with van der Waals surface area (Å²) in [6.07, 6.45) is 8.47. The minimum Gasteiger partial charge on any atom is -0.444 e. The van der Waals surface area contributed by atoms with Crippen LogP contribution in [0.2, 0.25) is 0 Å². The van der Waals surface area contributed by atoms with Gasteiger partial charge in [0, 0.05) is 52.4 Å². The number of carbonyl (C=O) groups is 2. The molecule has 1 aliphatic heterocycles. The van der Waals surface area contributed by atoms with Gasteiger partial charge in [-0.3, -0.25) is 4.90 Å². The van der Waals surface area contributed by atoms with Crippen molar-refractivity contribution in [2.45, 2.75) is 104 Å². The first-order chi connectivity index (χ1) is 22.0. The van der Waals surface area contributed by atoms with E-state index in [1.807, 2.05) is 79.5 Å². The number of ether oxygens (including phenoxy) is 2. The molecule has 1 aromatic rings. The van der Waals surface area contributed by atoms with Gasteiger partial charge < -0.3 is 29.1 Å². The number of benzene rings is 1. The van der Waals surface area contributed by atoms with Gasteiger partial charge in [0.2, 0.25) is 0 Å². The monoisotopic (exact) mass is 660 g/mol. The maximum Gasteiger partial charge on any atom is 0.410 e. The molecule has 9 nitrogen and oxygen atoms in total. The third-order valence-corrected chi connectivity index (χ3v) is 8.47. The number of likely N-dealkylation sites (N-methyl/N-ethyl adjacent to an activating group) is 2. The molecular weight excluding hydrogens is 590 g/mol. The number of rotatable bonds is 12. The molecule has 270 valence electrons. The van der Waals surface area contributed by atoms with Crippen LogP contribution in [0.5, 0.6) is 0 Å². The van der Waals surface area contributed by atoms with Gasteiger partial charge >= 0.3 is 12.2 Å². The van der Waals surface area contributed by atoms with E-state index in [1.54, 1.807) is 0 Å². The largest absolute Gasteiger partial charge is 0.444 e. The molecule has 9 heteroatoms. The number of hydrogen-bond acceptors (Lipinski definition) is 7. The minimum atomic E-state index is -0.459. The molecule has 2 aliphatic rings. The van der Waals surface area contributed by atoms with Gasteiger partial charge in [0.1, 0.15) is 11.2 Å². The predicted molar refractivity (Wildman–Crippen MR) is 194 cm³/mol. The SMILES string of the molecule is CN(C)CCN(CC1CCCCC1)C(=O)OC(C)(C)C.CN(C)CCN(CC1CCCN(Cc2ccccc2)C1)C(=O)OC(C)(C)C. The van der Waals surface area contributed by atoms with Gasteiger partial charge in [-0.25, -0.2) is 9.59 Å². The van der Waals surface area contributed by atoms with E-state index in [2.05, 4.69) is 45.0 Å². The van der Waals surface area contributed by atoms with Crippen LogP contribution in [0, 0.1) is 11.8 Å². The van der Waals surface area contributed by atoms with Crippen LogP contribution in [0.3, 0.4) is 0 Å². The topological polar surface area (TPSA) is 68.8 Å². The molecule has 0 aromatic heterocycles. The van der Waals surface area contributed by atoms with Crippen molar-refractivity contribution in [3.05, 3.63) is 35.9 Å². The van der Waals surface area contributed by atoms with Gasteiger partial charge in [-0.1, -0.05) is 49.6 Å². The second-order valence-corrected chi connectivity index (χ2v) is 16.2. The fourth-order valence-corrected chi connectivity index (χ4v) is 6.09. The highest BCUT2D eigenvalue weighted by Gasteiger charge is 2.28. The summed E-state index contributed by atoms with van der Waals surface area (Å²) in [4.78, 5) is 35.6. The Morgan fingerprint density at radius 3 is 1.62 bits per heavy atom. The highest BCUT2D eigenvalue weighted by Crippen LogP contribution is 2.25. The summed E-state index contributed by atoms with van der Waals surface area (Å²) in [5.74, 6) is 1.15. The minimum absolute atomic E-state index is 0.162. The number of likely N-dealkylation sites (tertiary alicyclic amines) is 1. The van der Waals surface area contributed by atoms with Crippen molar-refractivity contribution in [2.24, 2.45) is 11.8 Å². The highest BCUT2D eigenvalue weighted by atomic mass is 16.6. The van der Waals surface area contributed by atoms with Gasteiger partial charge in [-0.15, -0.1) is 0 Å². The lowest BCUT2D eigenvalue weighted by atomic mass is 9.89. The third-order valence-electron chi connectivity index (χ3n) is 8.47. The van der Waals surface area contributed by atoms with Crippen molar-refractivity contribution in [1.82, 2.24) is 24.5 Å². The first kappa shape index (κ1) is 40.8. The smallest absolute Gasteiger partial charge is 0.410 e. The van der Waals surface area contributed by atoms with Crippen LogP contribution in [-0.2, 0) is 16.0 Å². The Kier molecular flexibility index (Phi) is 17.6. The lowest BCUT2D eigenvalue weighted by molar-refractivity contribution is 0.0171. The molecule has 47 heavy (non-hydrogen) atoms. The lowest BCUT2D eigenvalue weighted by Crippen LogP contribution is -2.46. The zero-order chi connectivity index (χ0) is 35.0. The molecule has 3 rings (SSSR count). The Morgan fingerprint density at radius 2 is 1.15 bits per heavy atom. The molecule has 2 amide bonds. The average molecular weight is 660 g/mol. The Labute approximate surface area is 287 Å². The number of nitrogens with zero attached hydrogens (tertiary/aromatic N) is 5. The van der Waals surface area contributed by atoms with Crippen LogP contribution >= 0.6 is 0 Å². The lowest BCUT2D eigenvalue weighted by Gasteiger charge is -2.36. The maximum atomic E-state index is 12.7. The number of amides is 2. The second-order valence-electron chi connectivity index (χ2n) is 16.2. The molecule has 0 radical (unpaired) electrons.